The van der Waals surface area contributed by atoms with Crippen molar-refractivity contribution in [2.24, 2.45) is 11.8 Å². The number of alkyl halides is 3. The lowest BCUT2D eigenvalue weighted by Crippen LogP contribution is -2.55. The van der Waals surface area contributed by atoms with Crippen LogP contribution < -0.4 is 20.4 Å². The molecule has 0 radical (unpaired) electrons. The molecular formula is C30H34F4N8O2. The second-order valence-electron chi connectivity index (χ2n) is 11.7. The fourth-order valence-electron chi connectivity index (χ4n) is 6.05. The number of benzene rings is 1. The van der Waals surface area contributed by atoms with Crippen molar-refractivity contribution in [3.05, 3.63) is 47.5 Å². The molecule has 0 spiro atoms. The quantitative estimate of drug-likeness (QED) is 0.492. The predicted octanol–water partition coefficient (Wildman–Crippen LogP) is 3.56. The Kier molecular flexibility index (Phi) is 8.78. The lowest BCUT2D eigenvalue weighted by Gasteiger charge is -2.44. The molecule has 10 nitrogen and oxygen atoms in total. The van der Waals surface area contributed by atoms with Crippen LogP contribution in [0.3, 0.4) is 0 Å². The van der Waals surface area contributed by atoms with E-state index in [0.717, 1.165) is 0 Å². The number of carbonyl (C=O) groups excluding carboxylic acids is 2. The second-order valence-corrected chi connectivity index (χ2v) is 11.7. The summed E-state index contributed by atoms with van der Waals surface area (Å²) in [6.07, 6.45) is -0.351. The molecule has 0 saturated carbocycles. The molecule has 2 N–H and O–H groups in total. The molecule has 0 bridgehead atoms. The molecule has 1 aromatic heterocycles. The molecule has 1 aromatic carbocycles. The Morgan fingerprint density at radius 1 is 1.14 bits per heavy atom. The van der Waals surface area contributed by atoms with Crippen LogP contribution in [0.5, 0.6) is 0 Å². The Hall–Kier alpha value is -4.25. The monoisotopic (exact) mass is 614 g/mol. The van der Waals surface area contributed by atoms with E-state index in [4.69, 9.17) is 5.26 Å². The third-order valence-corrected chi connectivity index (χ3v) is 8.76. The van der Waals surface area contributed by atoms with E-state index >= 15 is 4.39 Å². The number of hydrogen-bond acceptors (Lipinski definition) is 8. The maximum absolute atomic E-state index is 15.9. The van der Waals surface area contributed by atoms with Crippen molar-refractivity contribution in [2.45, 2.75) is 44.9 Å². The summed E-state index contributed by atoms with van der Waals surface area (Å²) in [4.78, 5) is 39.7. The van der Waals surface area contributed by atoms with Crippen LogP contribution in [0.4, 0.5) is 34.9 Å². The van der Waals surface area contributed by atoms with Gasteiger partial charge in [0.25, 0.3) is 0 Å². The van der Waals surface area contributed by atoms with Gasteiger partial charge in [-0.1, -0.05) is 6.08 Å². The normalized spacial score (nSPS) is 24.8. The first-order valence-electron chi connectivity index (χ1n) is 14.5. The molecule has 2 saturated heterocycles. The van der Waals surface area contributed by atoms with Gasteiger partial charge in [-0.15, -0.1) is 0 Å². The molecule has 4 heterocycles. The Bertz CT molecular complexity index is 1480. The smallest absolute Gasteiger partial charge is 0.367 e. The molecule has 14 heteroatoms. The number of halogens is 4. The summed E-state index contributed by atoms with van der Waals surface area (Å²) in [5.74, 6) is -5.50. The standard InChI is InChI=1S/C30H34F4N8O2/c1-17-14-42(15-18(2)40(17)3)26-9-24(31)21(20-5-4-6-41(16-20)29-37-11-19(10-35)12-38-29)7-25(26)39-28(44)22-13-36-27(43)8-23(22)30(32,33)34/h5,7,9,11-12,17-18,22-23H,4,6,8,13-16H2,1-3H3,(H,36,43)(H,39,44)/t17-,18+,22?,23?. The highest BCUT2D eigenvalue weighted by Crippen LogP contribution is 2.39. The summed E-state index contributed by atoms with van der Waals surface area (Å²) in [6, 6.07) is 4.97. The second kappa shape index (κ2) is 12.4. The Morgan fingerprint density at radius 2 is 1.82 bits per heavy atom. The zero-order valence-corrected chi connectivity index (χ0v) is 24.7. The number of nitrogens with zero attached hydrogens (tertiary/aromatic N) is 6. The molecule has 4 atom stereocenters. The van der Waals surface area contributed by atoms with Gasteiger partial charge < -0.3 is 20.4 Å². The zero-order valence-electron chi connectivity index (χ0n) is 24.7. The number of aromatic nitrogens is 2. The molecule has 3 aliphatic rings. The van der Waals surface area contributed by atoms with Gasteiger partial charge in [-0.2, -0.15) is 18.4 Å². The van der Waals surface area contributed by atoms with Gasteiger partial charge in [0.1, 0.15) is 11.9 Å². The van der Waals surface area contributed by atoms with Gasteiger partial charge in [0.15, 0.2) is 0 Å². The number of piperazine rings is 1. The number of hydrogen-bond donors (Lipinski definition) is 2. The molecule has 234 valence electrons. The van der Waals surface area contributed by atoms with E-state index in [2.05, 4.69) is 25.5 Å². The van der Waals surface area contributed by atoms with E-state index in [0.29, 0.717) is 48.8 Å². The number of nitriles is 1. The highest BCUT2D eigenvalue weighted by molar-refractivity contribution is 5.98. The van der Waals surface area contributed by atoms with Crippen LogP contribution in [-0.4, -0.2) is 84.7 Å². The summed E-state index contributed by atoms with van der Waals surface area (Å²) in [7, 11) is 1.99. The number of likely N-dealkylation sites (N-methyl/N-ethyl adjacent to an activating group) is 1. The first kappa shape index (κ1) is 31.2. The van der Waals surface area contributed by atoms with Crippen LogP contribution in [-0.2, 0) is 9.59 Å². The third kappa shape index (κ3) is 6.47. The van der Waals surface area contributed by atoms with E-state index in [1.165, 1.54) is 24.5 Å². The number of rotatable bonds is 5. The minimum Gasteiger partial charge on any atom is -0.367 e. The third-order valence-electron chi connectivity index (χ3n) is 8.76. The summed E-state index contributed by atoms with van der Waals surface area (Å²) in [5, 5.41) is 14.1. The fraction of sp³-hybridized carbons (Fsp3) is 0.500. The number of anilines is 3. The summed E-state index contributed by atoms with van der Waals surface area (Å²) in [6.45, 7) is 5.42. The molecule has 3 aliphatic heterocycles. The maximum Gasteiger partial charge on any atom is 0.393 e. The maximum atomic E-state index is 15.9. The van der Waals surface area contributed by atoms with Gasteiger partial charge in [0, 0.05) is 56.8 Å². The molecule has 2 aromatic rings. The lowest BCUT2D eigenvalue weighted by molar-refractivity contribution is -0.197. The van der Waals surface area contributed by atoms with Gasteiger partial charge in [0.05, 0.1) is 41.2 Å². The van der Waals surface area contributed by atoms with Crippen molar-refractivity contribution in [3.63, 3.8) is 0 Å². The molecular weight excluding hydrogens is 580 g/mol. The Balaban J connectivity index is 1.49. The van der Waals surface area contributed by atoms with Crippen molar-refractivity contribution in [3.8, 4) is 6.07 Å². The molecule has 2 fully saturated rings. The summed E-state index contributed by atoms with van der Waals surface area (Å²) in [5.41, 5.74) is 1.67. The summed E-state index contributed by atoms with van der Waals surface area (Å²) < 4.78 is 57.6. The zero-order chi connectivity index (χ0) is 31.8. The van der Waals surface area contributed by atoms with Crippen LogP contribution in [0.15, 0.2) is 30.6 Å². The minimum atomic E-state index is -4.75. The minimum absolute atomic E-state index is 0.0928. The van der Waals surface area contributed by atoms with E-state index in [1.54, 1.807) is 0 Å². The van der Waals surface area contributed by atoms with Gasteiger partial charge in [-0.25, -0.2) is 14.4 Å². The fourth-order valence-corrected chi connectivity index (χ4v) is 6.05. The Labute approximate surface area is 252 Å². The molecule has 0 aliphatic carbocycles. The number of amides is 2. The average molecular weight is 615 g/mol. The van der Waals surface area contributed by atoms with Crippen molar-refractivity contribution in [1.29, 1.82) is 5.26 Å². The number of carbonyl (C=O) groups is 2. The molecule has 5 rings (SSSR count). The largest absolute Gasteiger partial charge is 0.393 e. The average Bonchev–Trinajstić information content (AvgIpc) is 2.99. The van der Waals surface area contributed by atoms with Gasteiger partial charge >= 0.3 is 6.18 Å². The van der Waals surface area contributed by atoms with Crippen LogP contribution in [0.2, 0.25) is 0 Å². The number of piperidine rings is 1. The molecule has 44 heavy (non-hydrogen) atoms. The lowest BCUT2D eigenvalue weighted by atomic mass is 9.84. The number of nitrogens with one attached hydrogen (secondary N) is 2. The van der Waals surface area contributed by atoms with Crippen molar-refractivity contribution in [1.82, 2.24) is 20.2 Å². The van der Waals surface area contributed by atoms with Gasteiger partial charge in [0.2, 0.25) is 17.8 Å². The molecule has 2 unspecified atom stereocenters. The summed E-state index contributed by atoms with van der Waals surface area (Å²) >= 11 is 0. The van der Waals surface area contributed by atoms with Crippen LogP contribution in [0.25, 0.3) is 5.57 Å². The van der Waals surface area contributed by atoms with Crippen molar-refractivity contribution < 1.29 is 27.2 Å². The van der Waals surface area contributed by atoms with Crippen molar-refractivity contribution in [2.75, 3.05) is 54.9 Å². The topological polar surface area (TPSA) is 117 Å². The highest BCUT2D eigenvalue weighted by Gasteiger charge is 2.50. The van der Waals surface area contributed by atoms with E-state index in [1.807, 2.05) is 42.8 Å². The predicted molar refractivity (Wildman–Crippen MR) is 156 cm³/mol. The van der Waals surface area contributed by atoms with E-state index < -0.39 is 48.6 Å². The van der Waals surface area contributed by atoms with Crippen molar-refractivity contribution >= 4 is 34.7 Å². The van der Waals surface area contributed by atoms with Crippen LogP contribution in [0.1, 0.15) is 37.8 Å². The highest BCUT2D eigenvalue weighted by atomic mass is 19.4. The first-order chi connectivity index (χ1) is 20.8. The SMILES string of the molecule is C[C@@H]1CN(c2cc(F)c(C3=CCCN(c4ncc(C#N)cn4)C3)cc2NC(=O)C2CNC(=O)CC2C(F)(F)F)C[C@H](C)N1C. The van der Waals surface area contributed by atoms with Crippen LogP contribution >= 0.6 is 0 Å². The van der Waals surface area contributed by atoms with Gasteiger partial charge in [-0.05, 0) is 45.0 Å². The van der Waals surface area contributed by atoms with Gasteiger partial charge in [-0.3, -0.25) is 14.5 Å². The Morgan fingerprint density at radius 3 is 2.45 bits per heavy atom. The van der Waals surface area contributed by atoms with E-state index in [9.17, 15) is 22.8 Å². The first-order valence-corrected chi connectivity index (χ1v) is 14.5. The van der Waals surface area contributed by atoms with Crippen LogP contribution in [0, 0.1) is 29.0 Å². The van der Waals surface area contributed by atoms with E-state index in [-0.39, 0.29) is 29.9 Å². The molecule has 2 amide bonds.